The minimum atomic E-state index is -0.517. The van der Waals surface area contributed by atoms with Gasteiger partial charge in [0.05, 0.1) is 25.3 Å². The highest BCUT2D eigenvalue weighted by Gasteiger charge is 2.20. The maximum absolute atomic E-state index is 12.1. The number of benzene rings is 1. The van der Waals surface area contributed by atoms with Crippen LogP contribution in [0.2, 0.25) is 0 Å². The van der Waals surface area contributed by atoms with Crippen LogP contribution in [0.25, 0.3) is 0 Å². The molecule has 31 heavy (non-hydrogen) atoms. The van der Waals surface area contributed by atoms with Crippen molar-refractivity contribution in [1.29, 1.82) is 0 Å². The first-order valence-electron chi connectivity index (χ1n) is 9.58. The number of amidine groups is 1. The SMILES string of the molecule is CN(N)C(=N\N)/C(=N\OCc1cccc(NC(=O)CC2OCCO2)n1)c1ccccc1. The molecule has 11 nitrogen and oxygen atoms in total. The number of carbonyl (C=O) groups excluding carboxylic acids is 1. The summed E-state index contributed by atoms with van der Waals surface area (Å²) in [6, 6.07) is 14.4. The second kappa shape index (κ2) is 11.0. The lowest BCUT2D eigenvalue weighted by Gasteiger charge is -2.16. The third-order valence-electron chi connectivity index (χ3n) is 4.20. The van der Waals surface area contributed by atoms with Crippen LogP contribution >= 0.6 is 0 Å². The third kappa shape index (κ3) is 6.47. The Labute approximate surface area is 179 Å². The van der Waals surface area contributed by atoms with Crippen LogP contribution in [0.1, 0.15) is 17.7 Å². The van der Waals surface area contributed by atoms with Crippen molar-refractivity contribution < 1.29 is 19.1 Å². The minimum Gasteiger partial charge on any atom is -0.389 e. The lowest BCUT2D eigenvalue weighted by molar-refractivity contribution is -0.124. The zero-order valence-corrected chi connectivity index (χ0v) is 17.1. The van der Waals surface area contributed by atoms with E-state index < -0.39 is 6.29 Å². The number of hydrazine groups is 1. The van der Waals surface area contributed by atoms with Crippen molar-refractivity contribution >= 4 is 23.3 Å². The number of nitrogens with zero attached hydrogens (tertiary/aromatic N) is 4. The van der Waals surface area contributed by atoms with Crippen molar-refractivity contribution in [2.24, 2.45) is 21.9 Å². The van der Waals surface area contributed by atoms with Crippen LogP contribution in [0.5, 0.6) is 0 Å². The van der Waals surface area contributed by atoms with Crippen LogP contribution in [-0.2, 0) is 25.7 Å². The molecule has 0 aliphatic carbocycles. The maximum Gasteiger partial charge on any atom is 0.230 e. The molecule has 2 aromatic rings. The Hall–Kier alpha value is -3.54. The molecule has 0 unspecified atom stereocenters. The molecule has 0 spiro atoms. The summed E-state index contributed by atoms with van der Waals surface area (Å²) in [5, 5.41) is 11.8. The molecule has 1 aromatic heterocycles. The van der Waals surface area contributed by atoms with Gasteiger partial charge in [-0.25, -0.2) is 10.8 Å². The van der Waals surface area contributed by atoms with Crippen LogP contribution in [-0.4, -0.2) is 54.0 Å². The van der Waals surface area contributed by atoms with E-state index in [2.05, 4.69) is 20.6 Å². The summed E-state index contributed by atoms with van der Waals surface area (Å²) in [6.45, 7) is 1.04. The fourth-order valence-electron chi connectivity index (χ4n) is 2.80. The number of ether oxygens (including phenoxy) is 2. The summed E-state index contributed by atoms with van der Waals surface area (Å²) in [5.74, 6) is 11.7. The normalized spacial score (nSPS) is 15.0. The van der Waals surface area contributed by atoms with Gasteiger partial charge in [-0.2, -0.15) is 5.10 Å². The van der Waals surface area contributed by atoms with E-state index in [4.69, 9.17) is 26.0 Å². The number of hydrogen-bond acceptors (Lipinski definition) is 9. The Bertz CT molecular complexity index is 928. The maximum atomic E-state index is 12.1. The molecule has 164 valence electrons. The number of nitrogens with one attached hydrogen (secondary N) is 1. The first-order chi connectivity index (χ1) is 15.1. The summed E-state index contributed by atoms with van der Waals surface area (Å²) in [4.78, 5) is 22.0. The number of aromatic nitrogens is 1. The van der Waals surface area contributed by atoms with Crippen LogP contribution in [0, 0.1) is 0 Å². The molecule has 1 fully saturated rings. The zero-order chi connectivity index (χ0) is 22.1. The molecule has 1 aliphatic rings. The second-order valence-electron chi connectivity index (χ2n) is 6.58. The summed E-state index contributed by atoms with van der Waals surface area (Å²) < 4.78 is 10.5. The molecule has 1 amide bonds. The van der Waals surface area contributed by atoms with Gasteiger partial charge in [-0.3, -0.25) is 9.80 Å². The molecule has 0 radical (unpaired) electrons. The molecule has 3 rings (SSSR count). The average Bonchev–Trinajstić information content (AvgIpc) is 3.26. The number of pyridine rings is 1. The minimum absolute atomic E-state index is 0.0566. The average molecular weight is 427 g/mol. The van der Waals surface area contributed by atoms with E-state index in [1.165, 1.54) is 5.01 Å². The predicted octanol–water partition coefficient (Wildman–Crippen LogP) is 0.782. The molecule has 11 heteroatoms. The van der Waals surface area contributed by atoms with E-state index in [9.17, 15) is 4.79 Å². The van der Waals surface area contributed by atoms with Gasteiger partial charge >= 0.3 is 0 Å². The van der Waals surface area contributed by atoms with E-state index in [1.807, 2.05) is 30.3 Å². The van der Waals surface area contributed by atoms with Crippen LogP contribution in [0.15, 0.2) is 58.8 Å². The van der Waals surface area contributed by atoms with Crippen molar-refractivity contribution in [2.75, 3.05) is 25.6 Å². The summed E-state index contributed by atoms with van der Waals surface area (Å²) in [7, 11) is 1.60. The molecule has 1 aromatic carbocycles. The van der Waals surface area contributed by atoms with E-state index in [1.54, 1.807) is 25.2 Å². The van der Waals surface area contributed by atoms with E-state index in [-0.39, 0.29) is 24.8 Å². The smallest absolute Gasteiger partial charge is 0.230 e. The van der Waals surface area contributed by atoms with Gasteiger partial charge in [0.25, 0.3) is 0 Å². The number of likely N-dealkylation sites (N-methyl/N-ethyl adjacent to an activating group) is 1. The number of anilines is 1. The number of carbonyl (C=O) groups is 1. The number of hydrogen-bond donors (Lipinski definition) is 3. The standard InChI is InChI=1S/C20H25N7O4/c1-27(22)20(25-21)19(14-6-3-2-4-7-14)26-31-13-15-8-5-9-16(23-15)24-17(28)12-18-29-10-11-30-18/h2-9,18H,10-13,21-22H2,1H3,(H,23,24,28)/b25-20-,26-19-. The van der Waals surface area contributed by atoms with Crippen molar-refractivity contribution in [3.05, 3.63) is 59.8 Å². The summed E-state index contributed by atoms with van der Waals surface area (Å²) >= 11 is 0. The lowest BCUT2D eigenvalue weighted by Crippen LogP contribution is -2.40. The molecule has 0 saturated carbocycles. The van der Waals surface area contributed by atoms with E-state index in [0.717, 1.165) is 5.56 Å². The van der Waals surface area contributed by atoms with Crippen LogP contribution in [0.4, 0.5) is 5.82 Å². The predicted molar refractivity (Wildman–Crippen MR) is 115 cm³/mol. The third-order valence-corrected chi connectivity index (χ3v) is 4.20. The lowest BCUT2D eigenvalue weighted by atomic mass is 10.1. The fourth-order valence-corrected chi connectivity index (χ4v) is 2.80. The molecular formula is C20H25N7O4. The molecule has 1 saturated heterocycles. The molecule has 0 atom stereocenters. The Morgan fingerprint density at radius 1 is 1.23 bits per heavy atom. The highest BCUT2D eigenvalue weighted by Crippen LogP contribution is 2.12. The van der Waals surface area contributed by atoms with E-state index >= 15 is 0 Å². The summed E-state index contributed by atoms with van der Waals surface area (Å²) in [6.07, 6.45) is -0.419. The van der Waals surface area contributed by atoms with Crippen molar-refractivity contribution in [2.45, 2.75) is 19.3 Å². The number of rotatable bonds is 8. The first-order valence-corrected chi connectivity index (χ1v) is 9.58. The monoisotopic (exact) mass is 427 g/mol. The van der Waals surface area contributed by atoms with Gasteiger partial charge in [0, 0.05) is 12.6 Å². The first kappa shape index (κ1) is 22.2. The fraction of sp³-hybridized carbons (Fsp3) is 0.300. The Morgan fingerprint density at radius 2 is 1.97 bits per heavy atom. The van der Waals surface area contributed by atoms with E-state index in [0.29, 0.717) is 30.4 Å². The Kier molecular flexibility index (Phi) is 7.87. The second-order valence-corrected chi connectivity index (χ2v) is 6.58. The van der Waals surface area contributed by atoms with Crippen LogP contribution in [0.3, 0.4) is 0 Å². The number of amides is 1. The van der Waals surface area contributed by atoms with Gasteiger partial charge in [-0.15, -0.1) is 0 Å². The van der Waals surface area contributed by atoms with Gasteiger partial charge in [-0.1, -0.05) is 41.6 Å². The Balaban J connectivity index is 1.65. The van der Waals surface area contributed by atoms with Crippen LogP contribution < -0.4 is 17.0 Å². The van der Waals surface area contributed by atoms with Gasteiger partial charge in [-0.05, 0) is 12.1 Å². The van der Waals surface area contributed by atoms with Gasteiger partial charge in [0.1, 0.15) is 5.82 Å². The quantitative estimate of drug-likeness (QED) is 0.242. The summed E-state index contributed by atoms with van der Waals surface area (Å²) in [5.41, 5.74) is 1.66. The Morgan fingerprint density at radius 3 is 2.65 bits per heavy atom. The van der Waals surface area contributed by atoms with Crippen molar-refractivity contribution in [3.8, 4) is 0 Å². The highest BCUT2D eigenvalue weighted by atomic mass is 16.7. The number of oxime groups is 1. The van der Waals surface area contributed by atoms with Crippen molar-refractivity contribution in [3.63, 3.8) is 0 Å². The molecule has 2 heterocycles. The largest absolute Gasteiger partial charge is 0.389 e. The number of hydrazone groups is 1. The topological polar surface area (TPSA) is 150 Å². The van der Waals surface area contributed by atoms with Gasteiger partial charge in [0.15, 0.2) is 24.4 Å². The molecular weight excluding hydrogens is 402 g/mol. The molecule has 1 aliphatic heterocycles. The molecule has 0 bridgehead atoms. The number of nitrogens with two attached hydrogens (primary N) is 2. The molecule has 5 N–H and O–H groups in total. The highest BCUT2D eigenvalue weighted by molar-refractivity contribution is 6.47. The van der Waals surface area contributed by atoms with Gasteiger partial charge in [0.2, 0.25) is 5.91 Å². The van der Waals surface area contributed by atoms with Gasteiger partial charge < -0.3 is 25.5 Å². The zero-order valence-electron chi connectivity index (χ0n) is 17.1. The van der Waals surface area contributed by atoms with Crippen molar-refractivity contribution in [1.82, 2.24) is 9.99 Å².